The van der Waals surface area contributed by atoms with Crippen molar-refractivity contribution >= 4 is 57.3 Å². The summed E-state index contributed by atoms with van der Waals surface area (Å²) < 4.78 is 0.695. The van der Waals surface area contributed by atoms with Crippen LogP contribution in [0.2, 0.25) is 10.0 Å². The number of hydrogen-bond acceptors (Lipinski definition) is 3. The highest BCUT2D eigenvalue weighted by molar-refractivity contribution is 14.1. The van der Waals surface area contributed by atoms with Gasteiger partial charge in [0.15, 0.2) is 3.83 Å². The SMILES string of the molecule is CN(c1cc(Cl)cc(Cl)c1)c1ccnc(I)n1. The van der Waals surface area contributed by atoms with Crippen LogP contribution in [0.15, 0.2) is 30.5 Å². The number of halogens is 3. The van der Waals surface area contributed by atoms with Crippen LogP contribution >= 0.6 is 45.8 Å². The van der Waals surface area contributed by atoms with Gasteiger partial charge in [-0.3, -0.25) is 0 Å². The monoisotopic (exact) mass is 379 g/mol. The van der Waals surface area contributed by atoms with Crippen LogP contribution in [-0.2, 0) is 0 Å². The van der Waals surface area contributed by atoms with Gasteiger partial charge < -0.3 is 4.90 Å². The molecule has 17 heavy (non-hydrogen) atoms. The van der Waals surface area contributed by atoms with Crippen molar-refractivity contribution in [3.8, 4) is 0 Å². The van der Waals surface area contributed by atoms with Gasteiger partial charge in [0.05, 0.1) is 0 Å². The number of aromatic nitrogens is 2. The molecule has 0 aliphatic rings. The molecule has 0 atom stereocenters. The van der Waals surface area contributed by atoms with Crippen LogP contribution in [0.3, 0.4) is 0 Å². The number of rotatable bonds is 2. The molecule has 6 heteroatoms. The summed E-state index contributed by atoms with van der Waals surface area (Å²) in [5, 5.41) is 1.20. The summed E-state index contributed by atoms with van der Waals surface area (Å²) in [6.07, 6.45) is 1.72. The molecular formula is C11H8Cl2IN3. The molecule has 0 unspecified atom stereocenters. The van der Waals surface area contributed by atoms with Gasteiger partial charge in [-0.15, -0.1) is 0 Å². The number of anilines is 2. The summed E-state index contributed by atoms with van der Waals surface area (Å²) in [6, 6.07) is 7.20. The Bertz CT molecular complexity index is 528. The first kappa shape index (κ1) is 12.9. The van der Waals surface area contributed by atoms with Crippen LogP contribution in [0.1, 0.15) is 0 Å². The van der Waals surface area contributed by atoms with Gasteiger partial charge in [0.1, 0.15) is 5.82 Å². The molecular weight excluding hydrogens is 372 g/mol. The van der Waals surface area contributed by atoms with Crippen molar-refractivity contribution in [3.05, 3.63) is 44.3 Å². The average Bonchev–Trinajstić information content (AvgIpc) is 2.26. The number of nitrogens with zero attached hydrogens (tertiary/aromatic N) is 3. The van der Waals surface area contributed by atoms with E-state index in [-0.39, 0.29) is 0 Å². The maximum atomic E-state index is 5.97. The van der Waals surface area contributed by atoms with Gasteiger partial charge in [-0.25, -0.2) is 9.97 Å². The molecule has 2 aromatic rings. The molecule has 1 aromatic carbocycles. The molecule has 0 amide bonds. The van der Waals surface area contributed by atoms with Crippen molar-refractivity contribution < 1.29 is 0 Å². The second-order valence-electron chi connectivity index (χ2n) is 3.37. The van der Waals surface area contributed by atoms with E-state index in [9.17, 15) is 0 Å². The minimum Gasteiger partial charge on any atom is -0.329 e. The van der Waals surface area contributed by atoms with E-state index >= 15 is 0 Å². The molecule has 1 aromatic heterocycles. The maximum Gasteiger partial charge on any atom is 0.192 e. The van der Waals surface area contributed by atoms with E-state index < -0.39 is 0 Å². The molecule has 0 saturated heterocycles. The minimum absolute atomic E-state index is 0.600. The standard InChI is InChI=1S/C11H8Cl2IN3/c1-17(10-2-3-15-11(14)16-10)9-5-7(12)4-8(13)6-9/h2-6H,1H3. The Morgan fingerprint density at radius 2 is 1.82 bits per heavy atom. The smallest absolute Gasteiger partial charge is 0.192 e. The molecule has 0 fully saturated rings. The van der Waals surface area contributed by atoms with Crippen LogP contribution in [0.5, 0.6) is 0 Å². The summed E-state index contributed by atoms with van der Waals surface area (Å²) in [5.74, 6) is 0.794. The Kier molecular flexibility index (Phi) is 4.06. The highest BCUT2D eigenvalue weighted by Gasteiger charge is 2.07. The van der Waals surface area contributed by atoms with Gasteiger partial charge >= 0.3 is 0 Å². The van der Waals surface area contributed by atoms with Gasteiger partial charge in [-0.2, -0.15) is 0 Å². The second-order valence-corrected chi connectivity index (χ2v) is 5.21. The zero-order valence-electron chi connectivity index (χ0n) is 8.86. The van der Waals surface area contributed by atoms with Crippen molar-refractivity contribution in [2.24, 2.45) is 0 Å². The molecule has 3 nitrogen and oxygen atoms in total. The Hall–Kier alpha value is -0.590. The summed E-state index contributed by atoms with van der Waals surface area (Å²) in [6.45, 7) is 0. The van der Waals surface area contributed by atoms with Crippen molar-refractivity contribution in [2.45, 2.75) is 0 Å². The lowest BCUT2D eigenvalue weighted by Gasteiger charge is -2.18. The quantitative estimate of drug-likeness (QED) is 0.579. The zero-order chi connectivity index (χ0) is 12.4. The molecule has 0 aliphatic carbocycles. The summed E-state index contributed by atoms with van der Waals surface area (Å²) in [7, 11) is 1.90. The predicted molar refractivity (Wildman–Crippen MR) is 79.3 cm³/mol. The number of hydrogen-bond donors (Lipinski definition) is 0. The Balaban J connectivity index is 2.39. The molecule has 88 valence electrons. The van der Waals surface area contributed by atoms with Crippen molar-refractivity contribution in [2.75, 3.05) is 11.9 Å². The summed E-state index contributed by atoms with van der Waals surface area (Å²) >= 11 is 14.0. The minimum atomic E-state index is 0.600. The maximum absolute atomic E-state index is 5.97. The Morgan fingerprint density at radius 3 is 2.41 bits per heavy atom. The van der Waals surface area contributed by atoms with E-state index in [1.807, 2.05) is 30.1 Å². The molecule has 0 radical (unpaired) electrons. The Labute approximate surface area is 123 Å². The van der Waals surface area contributed by atoms with E-state index in [4.69, 9.17) is 23.2 Å². The first-order valence-corrected chi connectivity index (χ1v) is 6.58. The Morgan fingerprint density at radius 1 is 1.18 bits per heavy atom. The topological polar surface area (TPSA) is 29.0 Å². The van der Waals surface area contributed by atoms with E-state index in [1.54, 1.807) is 12.3 Å². The van der Waals surface area contributed by atoms with E-state index in [0.717, 1.165) is 11.5 Å². The van der Waals surface area contributed by atoms with Gasteiger partial charge in [0, 0.05) is 51.6 Å². The fraction of sp³-hybridized carbons (Fsp3) is 0.0909. The molecule has 0 N–H and O–H groups in total. The first-order valence-electron chi connectivity index (χ1n) is 4.74. The van der Waals surface area contributed by atoms with Crippen LogP contribution < -0.4 is 4.90 Å². The van der Waals surface area contributed by atoms with Crippen LogP contribution in [-0.4, -0.2) is 17.0 Å². The summed E-state index contributed by atoms with van der Waals surface area (Å²) in [4.78, 5) is 10.3. The third-order valence-electron chi connectivity index (χ3n) is 2.19. The van der Waals surface area contributed by atoms with Crippen molar-refractivity contribution in [3.63, 3.8) is 0 Å². The van der Waals surface area contributed by atoms with Gasteiger partial charge in [-0.05, 0) is 24.3 Å². The molecule has 0 saturated carbocycles. The molecule has 1 heterocycles. The van der Waals surface area contributed by atoms with Crippen LogP contribution in [0.25, 0.3) is 0 Å². The van der Waals surface area contributed by atoms with Crippen LogP contribution in [0, 0.1) is 3.83 Å². The lowest BCUT2D eigenvalue weighted by atomic mass is 10.3. The normalized spacial score (nSPS) is 10.4. The highest BCUT2D eigenvalue weighted by atomic mass is 127. The number of benzene rings is 1. The predicted octanol–water partition coefficient (Wildman–Crippen LogP) is 4.16. The third kappa shape index (κ3) is 3.20. The fourth-order valence-electron chi connectivity index (χ4n) is 1.38. The van der Waals surface area contributed by atoms with E-state index in [1.165, 1.54) is 0 Å². The van der Waals surface area contributed by atoms with E-state index in [0.29, 0.717) is 13.9 Å². The van der Waals surface area contributed by atoms with Gasteiger partial charge in [0.25, 0.3) is 0 Å². The molecule has 2 rings (SSSR count). The van der Waals surface area contributed by atoms with Crippen molar-refractivity contribution in [1.29, 1.82) is 0 Å². The lowest BCUT2D eigenvalue weighted by molar-refractivity contribution is 1.04. The van der Waals surface area contributed by atoms with Gasteiger partial charge in [0.2, 0.25) is 0 Å². The zero-order valence-corrected chi connectivity index (χ0v) is 12.5. The molecule has 0 aliphatic heterocycles. The molecule has 0 bridgehead atoms. The third-order valence-corrected chi connectivity index (χ3v) is 3.15. The van der Waals surface area contributed by atoms with E-state index in [2.05, 4.69) is 32.6 Å². The summed E-state index contributed by atoms with van der Waals surface area (Å²) in [5.41, 5.74) is 0.886. The second kappa shape index (κ2) is 5.37. The fourth-order valence-corrected chi connectivity index (χ4v) is 2.30. The van der Waals surface area contributed by atoms with Crippen LogP contribution in [0.4, 0.5) is 11.5 Å². The first-order chi connectivity index (χ1) is 8.06. The molecule has 0 spiro atoms. The van der Waals surface area contributed by atoms with Gasteiger partial charge in [-0.1, -0.05) is 23.2 Å². The average molecular weight is 380 g/mol. The lowest BCUT2D eigenvalue weighted by Crippen LogP contribution is -2.11. The highest BCUT2D eigenvalue weighted by Crippen LogP contribution is 2.28. The largest absolute Gasteiger partial charge is 0.329 e. The van der Waals surface area contributed by atoms with Crippen molar-refractivity contribution in [1.82, 2.24) is 9.97 Å².